The van der Waals surface area contributed by atoms with Gasteiger partial charge in [0.1, 0.15) is 5.75 Å². The molecule has 4 rings (SSSR count). The van der Waals surface area contributed by atoms with Crippen molar-refractivity contribution in [2.45, 2.75) is 20.3 Å². The molecular formula is C21H21N3O3S. The Hall–Kier alpha value is -2.93. The fraction of sp³-hybridized carbons (Fsp3) is 0.286. The highest BCUT2D eigenvalue weighted by Crippen LogP contribution is 2.34. The molecule has 1 fully saturated rings. The molecule has 0 radical (unpaired) electrons. The Kier molecular flexibility index (Phi) is 4.77. The third-order valence-corrected chi connectivity index (χ3v) is 5.82. The maximum atomic E-state index is 12.8. The minimum absolute atomic E-state index is 0.0717. The Morgan fingerprint density at radius 2 is 2.07 bits per heavy atom. The third-order valence-electron chi connectivity index (χ3n) is 4.88. The van der Waals surface area contributed by atoms with Gasteiger partial charge in [-0.15, -0.1) is 11.3 Å². The highest BCUT2D eigenvalue weighted by atomic mass is 32.1. The number of rotatable bonds is 4. The molecule has 2 heterocycles. The van der Waals surface area contributed by atoms with Gasteiger partial charge in [0.05, 0.1) is 33.9 Å². The Labute approximate surface area is 167 Å². The van der Waals surface area contributed by atoms with E-state index in [0.717, 1.165) is 26.5 Å². The molecule has 144 valence electrons. The van der Waals surface area contributed by atoms with Gasteiger partial charge in [-0.05, 0) is 49.7 Å². The number of amides is 2. The van der Waals surface area contributed by atoms with Crippen LogP contribution in [0.4, 0.5) is 11.4 Å². The van der Waals surface area contributed by atoms with Crippen LogP contribution in [0.3, 0.4) is 0 Å². The lowest BCUT2D eigenvalue weighted by Crippen LogP contribution is -2.28. The third kappa shape index (κ3) is 3.45. The number of hydrogen-bond donors (Lipinski definition) is 1. The number of carbonyl (C=O) groups excluding carboxylic acids is 2. The number of benzene rings is 2. The number of hydrogen-bond acceptors (Lipinski definition) is 5. The number of ether oxygens (including phenoxy) is 1. The second-order valence-corrected chi connectivity index (χ2v) is 8.22. The summed E-state index contributed by atoms with van der Waals surface area (Å²) < 4.78 is 6.43. The van der Waals surface area contributed by atoms with Crippen LogP contribution in [-0.4, -0.2) is 30.5 Å². The summed E-state index contributed by atoms with van der Waals surface area (Å²) in [7, 11) is 1.58. The van der Waals surface area contributed by atoms with E-state index in [1.807, 2.05) is 50.2 Å². The van der Waals surface area contributed by atoms with Gasteiger partial charge in [-0.1, -0.05) is 6.07 Å². The molecule has 1 atom stereocenters. The first-order valence-electron chi connectivity index (χ1n) is 9.07. The van der Waals surface area contributed by atoms with E-state index in [1.54, 1.807) is 23.3 Å². The van der Waals surface area contributed by atoms with Gasteiger partial charge >= 0.3 is 0 Å². The zero-order valence-electron chi connectivity index (χ0n) is 16.0. The first-order valence-corrected chi connectivity index (χ1v) is 9.89. The van der Waals surface area contributed by atoms with Crippen molar-refractivity contribution in [2.75, 3.05) is 23.9 Å². The summed E-state index contributed by atoms with van der Waals surface area (Å²) in [6.45, 7) is 4.26. The Balaban J connectivity index is 1.51. The summed E-state index contributed by atoms with van der Waals surface area (Å²) in [5.74, 6) is 0.00304. The number of nitrogens with zero attached hydrogens (tertiary/aromatic N) is 2. The van der Waals surface area contributed by atoms with Crippen molar-refractivity contribution in [2.24, 2.45) is 5.92 Å². The van der Waals surface area contributed by atoms with Crippen LogP contribution in [0.15, 0.2) is 36.4 Å². The van der Waals surface area contributed by atoms with E-state index >= 15 is 0 Å². The molecule has 1 aliphatic heterocycles. The molecule has 1 saturated heterocycles. The quantitative estimate of drug-likeness (QED) is 0.727. The standard InChI is InChI=1S/C21H21N3O3S/c1-12-4-7-18(27-3)17(8-12)24-11-14(9-20(24)25)21(26)23-15-5-6-16-19(10-15)28-13(2)22-16/h4-8,10,14H,9,11H2,1-3H3,(H,23,26). The van der Waals surface area contributed by atoms with Crippen LogP contribution in [0, 0.1) is 19.8 Å². The SMILES string of the molecule is COc1ccc(C)cc1N1CC(C(=O)Nc2ccc3nc(C)sc3c2)CC1=O. The van der Waals surface area contributed by atoms with Gasteiger partial charge in [-0.25, -0.2) is 4.98 Å². The lowest BCUT2D eigenvalue weighted by Gasteiger charge is -2.20. The molecule has 2 amide bonds. The van der Waals surface area contributed by atoms with Gasteiger partial charge < -0.3 is 15.0 Å². The second-order valence-electron chi connectivity index (χ2n) is 6.99. The zero-order chi connectivity index (χ0) is 19.8. The van der Waals surface area contributed by atoms with E-state index in [4.69, 9.17) is 4.74 Å². The summed E-state index contributed by atoms with van der Waals surface area (Å²) in [5, 5.41) is 3.94. The summed E-state index contributed by atoms with van der Waals surface area (Å²) in [6.07, 6.45) is 0.185. The Morgan fingerprint density at radius 1 is 1.25 bits per heavy atom. The van der Waals surface area contributed by atoms with E-state index in [9.17, 15) is 9.59 Å². The fourth-order valence-corrected chi connectivity index (χ4v) is 4.36. The number of fused-ring (bicyclic) bond motifs is 1. The maximum absolute atomic E-state index is 12.8. The van der Waals surface area contributed by atoms with E-state index in [0.29, 0.717) is 18.0 Å². The van der Waals surface area contributed by atoms with E-state index in [-0.39, 0.29) is 18.2 Å². The number of aromatic nitrogens is 1. The van der Waals surface area contributed by atoms with Gasteiger partial charge in [0.15, 0.2) is 0 Å². The van der Waals surface area contributed by atoms with Crippen molar-refractivity contribution in [3.05, 3.63) is 47.0 Å². The molecule has 3 aromatic rings. The summed E-state index contributed by atoms with van der Waals surface area (Å²) in [6, 6.07) is 11.4. The van der Waals surface area contributed by atoms with Gasteiger partial charge in [0.2, 0.25) is 11.8 Å². The average molecular weight is 395 g/mol. The maximum Gasteiger partial charge on any atom is 0.229 e. The Morgan fingerprint density at radius 3 is 2.86 bits per heavy atom. The highest BCUT2D eigenvalue weighted by Gasteiger charge is 2.36. The van der Waals surface area contributed by atoms with Crippen molar-refractivity contribution in [1.29, 1.82) is 0 Å². The van der Waals surface area contributed by atoms with Gasteiger partial charge in [0.25, 0.3) is 0 Å². The van der Waals surface area contributed by atoms with Gasteiger partial charge in [-0.2, -0.15) is 0 Å². The molecule has 6 nitrogen and oxygen atoms in total. The molecule has 0 spiro atoms. The van der Waals surface area contributed by atoms with Crippen LogP contribution in [0.5, 0.6) is 5.75 Å². The van der Waals surface area contributed by atoms with E-state index in [1.165, 1.54) is 0 Å². The lowest BCUT2D eigenvalue weighted by molar-refractivity contribution is -0.122. The van der Waals surface area contributed by atoms with Crippen LogP contribution >= 0.6 is 11.3 Å². The van der Waals surface area contributed by atoms with Crippen LogP contribution in [0.2, 0.25) is 0 Å². The highest BCUT2D eigenvalue weighted by molar-refractivity contribution is 7.18. The molecule has 1 N–H and O–H groups in total. The summed E-state index contributed by atoms with van der Waals surface area (Å²) >= 11 is 1.59. The molecule has 0 saturated carbocycles. The molecule has 7 heteroatoms. The normalized spacial score (nSPS) is 16.6. The van der Waals surface area contributed by atoms with Gasteiger partial charge in [-0.3, -0.25) is 9.59 Å². The zero-order valence-corrected chi connectivity index (χ0v) is 16.8. The average Bonchev–Trinajstić information content (AvgIpc) is 3.23. The first kappa shape index (κ1) is 18.4. The van der Waals surface area contributed by atoms with Crippen molar-refractivity contribution >= 4 is 44.7 Å². The lowest BCUT2D eigenvalue weighted by atomic mass is 10.1. The molecule has 1 unspecified atom stereocenters. The number of anilines is 2. The largest absolute Gasteiger partial charge is 0.495 e. The van der Waals surface area contributed by atoms with Crippen molar-refractivity contribution in [1.82, 2.24) is 4.98 Å². The van der Waals surface area contributed by atoms with E-state index in [2.05, 4.69) is 10.3 Å². The Bertz CT molecular complexity index is 1080. The van der Waals surface area contributed by atoms with Crippen molar-refractivity contribution < 1.29 is 14.3 Å². The number of thiazole rings is 1. The van der Waals surface area contributed by atoms with Gasteiger partial charge in [0, 0.05) is 18.7 Å². The molecule has 28 heavy (non-hydrogen) atoms. The van der Waals surface area contributed by atoms with Crippen molar-refractivity contribution in [3.63, 3.8) is 0 Å². The minimum Gasteiger partial charge on any atom is -0.495 e. The molecular weight excluding hydrogens is 374 g/mol. The summed E-state index contributed by atoms with van der Waals surface area (Å²) in [4.78, 5) is 31.4. The number of methoxy groups -OCH3 is 1. The smallest absolute Gasteiger partial charge is 0.229 e. The predicted molar refractivity (Wildman–Crippen MR) is 111 cm³/mol. The van der Waals surface area contributed by atoms with Crippen LogP contribution in [-0.2, 0) is 9.59 Å². The van der Waals surface area contributed by atoms with Crippen LogP contribution in [0.1, 0.15) is 17.0 Å². The number of aryl methyl sites for hydroxylation is 2. The molecule has 1 aliphatic rings. The molecule has 0 aliphatic carbocycles. The van der Waals surface area contributed by atoms with Crippen LogP contribution < -0.4 is 15.0 Å². The second kappa shape index (κ2) is 7.24. The number of nitrogens with one attached hydrogen (secondary N) is 1. The predicted octanol–water partition coefficient (Wildman–Crippen LogP) is 3.91. The van der Waals surface area contributed by atoms with Crippen LogP contribution in [0.25, 0.3) is 10.2 Å². The minimum atomic E-state index is -0.406. The summed E-state index contributed by atoms with van der Waals surface area (Å²) in [5.41, 5.74) is 3.39. The van der Waals surface area contributed by atoms with E-state index < -0.39 is 5.92 Å². The molecule has 2 aromatic carbocycles. The molecule has 1 aromatic heterocycles. The van der Waals surface area contributed by atoms with Crippen molar-refractivity contribution in [3.8, 4) is 5.75 Å². The topological polar surface area (TPSA) is 71.5 Å². The molecule has 0 bridgehead atoms. The monoisotopic (exact) mass is 395 g/mol. The first-order chi connectivity index (χ1) is 13.4. The number of carbonyl (C=O) groups is 2. The fourth-order valence-electron chi connectivity index (χ4n) is 3.49.